The van der Waals surface area contributed by atoms with E-state index in [1.165, 1.54) is 65.4 Å². The van der Waals surface area contributed by atoms with Gasteiger partial charge in [-0.1, -0.05) is 31.2 Å². The highest BCUT2D eigenvalue weighted by atomic mass is 15.2. The van der Waals surface area contributed by atoms with Crippen molar-refractivity contribution in [2.45, 2.75) is 38.6 Å². The van der Waals surface area contributed by atoms with Crippen LogP contribution in [0.5, 0.6) is 0 Å². The van der Waals surface area contributed by atoms with Gasteiger partial charge in [-0.2, -0.15) is 0 Å². The lowest BCUT2D eigenvalue weighted by Crippen LogP contribution is -2.34. The molecule has 128 valence electrons. The molecule has 3 nitrogen and oxygen atoms in total. The molecule has 0 saturated carbocycles. The molecule has 1 N–H and O–H groups in total. The minimum absolute atomic E-state index is 0.705. The minimum Gasteiger partial charge on any atom is -0.353 e. The van der Waals surface area contributed by atoms with Crippen LogP contribution in [-0.4, -0.2) is 34.0 Å². The fraction of sp³-hybridized carbons (Fsp3) is 0.409. The van der Waals surface area contributed by atoms with Crippen molar-refractivity contribution in [3.05, 3.63) is 48.3 Å². The molecule has 3 heterocycles. The Bertz CT molecular complexity index is 952. The Morgan fingerprint density at radius 1 is 1.16 bits per heavy atom. The van der Waals surface area contributed by atoms with Crippen LogP contribution in [0, 0.1) is 5.92 Å². The van der Waals surface area contributed by atoms with Crippen molar-refractivity contribution in [2.75, 3.05) is 13.1 Å². The van der Waals surface area contributed by atoms with Crippen molar-refractivity contribution in [3.63, 3.8) is 0 Å². The number of nitrogens with zero attached hydrogens (tertiary/aromatic N) is 2. The van der Waals surface area contributed by atoms with Gasteiger partial charge in [0.25, 0.3) is 0 Å². The summed E-state index contributed by atoms with van der Waals surface area (Å²) in [5.74, 6) is 0.705. The molecule has 3 heteroatoms. The van der Waals surface area contributed by atoms with Gasteiger partial charge in [0.1, 0.15) is 0 Å². The number of hydrogen-bond acceptors (Lipinski definition) is 2. The summed E-state index contributed by atoms with van der Waals surface area (Å²) in [5, 5.41) is 2.59. The standard InChI is InChI=1S/C22H25N3/c1-2-12-25-13-10-15-14-16(7-8-20(15)25)21-22-18(9-11-23-21)17-5-3-4-6-19(17)24-22/h3-6,9,11,14-15,20,24H,2,7-8,10,12-13H2,1H3/t15-,20+/m1/s1. The van der Waals surface area contributed by atoms with Crippen molar-refractivity contribution < 1.29 is 0 Å². The van der Waals surface area contributed by atoms with E-state index < -0.39 is 0 Å². The van der Waals surface area contributed by atoms with Crippen LogP contribution < -0.4 is 0 Å². The Labute approximate surface area is 148 Å². The summed E-state index contributed by atoms with van der Waals surface area (Å²) in [6, 6.07) is 11.5. The van der Waals surface area contributed by atoms with Gasteiger partial charge in [0, 0.05) is 28.5 Å². The topological polar surface area (TPSA) is 31.9 Å². The van der Waals surface area contributed by atoms with Crippen LogP contribution in [0.4, 0.5) is 0 Å². The SMILES string of the molecule is CCCN1CC[C@@H]2C=C(c3nccc4c3[nH]c3ccccc34)CC[C@@H]21. The fourth-order valence-electron chi connectivity index (χ4n) is 4.96. The largest absolute Gasteiger partial charge is 0.353 e. The molecular weight excluding hydrogens is 306 g/mol. The molecule has 5 rings (SSSR count). The van der Waals surface area contributed by atoms with Crippen LogP contribution >= 0.6 is 0 Å². The quantitative estimate of drug-likeness (QED) is 0.733. The molecule has 1 aliphatic carbocycles. The number of rotatable bonds is 3. The van der Waals surface area contributed by atoms with E-state index in [1.807, 2.05) is 6.20 Å². The zero-order valence-corrected chi connectivity index (χ0v) is 14.8. The van der Waals surface area contributed by atoms with Crippen molar-refractivity contribution >= 4 is 27.4 Å². The van der Waals surface area contributed by atoms with Gasteiger partial charge >= 0.3 is 0 Å². The lowest BCUT2D eigenvalue weighted by Gasteiger charge is -2.30. The molecule has 0 spiro atoms. The summed E-state index contributed by atoms with van der Waals surface area (Å²) in [7, 11) is 0. The minimum atomic E-state index is 0.705. The number of allylic oxidation sites excluding steroid dienone is 1. The van der Waals surface area contributed by atoms with Gasteiger partial charge in [-0.15, -0.1) is 0 Å². The maximum atomic E-state index is 4.78. The van der Waals surface area contributed by atoms with Gasteiger partial charge in [0.15, 0.2) is 0 Å². The number of para-hydroxylation sites is 1. The number of aromatic nitrogens is 2. The molecule has 3 aromatic rings. The second kappa shape index (κ2) is 5.99. The highest BCUT2D eigenvalue weighted by molar-refractivity contribution is 6.09. The van der Waals surface area contributed by atoms with Gasteiger partial charge in [-0.25, -0.2) is 0 Å². The Hall–Kier alpha value is -2.13. The maximum Gasteiger partial charge on any atom is 0.0899 e. The number of nitrogens with one attached hydrogen (secondary N) is 1. The van der Waals surface area contributed by atoms with Crippen molar-refractivity contribution in [3.8, 4) is 0 Å². The second-order valence-corrected chi connectivity index (χ2v) is 7.54. The van der Waals surface area contributed by atoms with E-state index in [4.69, 9.17) is 4.98 Å². The molecule has 0 radical (unpaired) electrons. The van der Waals surface area contributed by atoms with Gasteiger partial charge in [-0.3, -0.25) is 9.88 Å². The summed E-state index contributed by atoms with van der Waals surface area (Å²) in [5.41, 5.74) is 5.02. The molecule has 1 saturated heterocycles. The monoisotopic (exact) mass is 331 g/mol. The van der Waals surface area contributed by atoms with E-state index in [2.05, 4.69) is 53.2 Å². The number of H-pyrrole nitrogens is 1. The normalized spacial score (nSPS) is 24.0. The van der Waals surface area contributed by atoms with Crippen LogP contribution in [0.3, 0.4) is 0 Å². The third-order valence-corrected chi connectivity index (χ3v) is 6.08. The van der Waals surface area contributed by atoms with Crippen LogP contribution in [0.1, 0.15) is 38.3 Å². The third-order valence-electron chi connectivity index (χ3n) is 6.08. The number of pyridine rings is 1. The first-order valence-electron chi connectivity index (χ1n) is 9.65. The smallest absolute Gasteiger partial charge is 0.0899 e. The summed E-state index contributed by atoms with van der Waals surface area (Å²) < 4.78 is 0. The maximum absolute atomic E-state index is 4.78. The predicted molar refractivity (Wildman–Crippen MR) is 105 cm³/mol. The fourth-order valence-corrected chi connectivity index (χ4v) is 4.96. The summed E-state index contributed by atoms with van der Waals surface area (Å²) in [6.45, 7) is 4.80. The van der Waals surface area contributed by atoms with Crippen LogP contribution in [0.2, 0.25) is 0 Å². The van der Waals surface area contributed by atoms with E-state index in [0.29, 0.717) is 5.92 Å². The van der Waals surface area contributed by atoms with Gasteiger partial charge < -0.3 is 4.98 Å². The average molecular weight is 331 g/mol. The van der Waals surface area contributed by atoms with E-state index in [0.717, 1.165) is 12.5 Å². The molecule has 25 heavy (non-hydrogen) atoms. The molecule has 0 amide bonds. The first kappa shape index (κ1) is 15.2. The number of hydrogen-bond donors (Lipinski definition) is 1. The Kier molecular flexibility index (Phi) is 3.63. The Balaban J connectivity index is 1.57. The predicted octanol–water partition coefficient (Wildman–Crippen LogP) is 4.99. The van der Waals surface area contributed by atoms with Crippen molar-refractivity contribution in [1.82, 2.24) is 14.9 Å². The summed E-state index contributed by atoms with van der Waals surface area (Å²) >= 11 is 0. The Morgan fingerprint density at radius 2 is 2.08 bits per heavy atom. The molecular formula is C22H25N3. The van der Waals surface area contributed by atoms with E-state index in [9.17, 15) is 0 Å². The molecule has 1 fully saturated rings. The lowest BCUT2D eigenvalue weighted by molar-refractivity contribution is 0.225. The zero-order chi connectivity index (χ0) is 16.8. The van der Waals surface area contributed by atoms with Crippen molar-refractivity contribution in [2.24, 2.45) is 5.92 Å². The van der Waals surface area contributed by atoms with E-state index in [1.54, 1.807) is 0 Å². The molecule has 1 aliphatic heterocycles. The van der Waals surface area contributed by atoms with E-state index in [-0.39, 0.29) is 0 Å². The molecule has 2 aromatic heterocycles. The Morgan fingerprint density at radius 3 is 3.00 bits per heavy atom. The molecule has 2 aliphatic rings. The average Bonchev–Trinajstić information content (AvgIpc) is 3.23. The summed E-state index contributed by atoms with van der Waals surface area (Å²) in [6.07, 6.45) is 9.49. The van der Waals surface area contributed by atoms with Gasteiger partial charge in [-0.05, 0) is 62.4 Å². The molecule has 1 aromatic carbocycles. The molecule has 0 bridgehead atoms. The molecule has 2 atom stereocenters. The number of fused-ring (bicyclic) bond motifs is 4. The number of aromatic amines is 1. The van der Waals surface area contributed by atoms with E-state index >= 15 is 0 Å². The second-order valence-electron chi connectivity index (χ2n) is 7.54. The zero-order valence-electron chi connectivity index (χ0n) is 14.8. The van der Waals surface area contributed by atoms with Crippen molar-refractivity contribution in [1.29, 1.82) is 0 Å². The van der Waals surface area contributed by atoms with Crippen LogP contribution in [0.25, 0.3) is 27.4 Å². The number of likely N-dealkylation sites (tertiary alicyclic amines) is 1. The van der Waals surface area contributed by atoms with Gasteiger partial charge in [0.2, 0.25) is 0 Å². The highest BCUT2D eigenvalue weighted by Gasteiger charge is 2.35. The number of benzene rings is 1. The lowest BCUT2D eigenvalue weighted by atomic mass is 9.85. The molecule has 0 unspecified atom stereocenters. The summed E-state index contributed by atoms with van der Waals surface area (Å²) in [4.78, 5) is 11.1. The third kappa shape index (κ3) is 2.41. The van der Waals surface area contributed by atoms with Crippen LogP contribution in [0.15, 0.2) is 42.6 Å². The first-order chi connectivity index (χ1) is 12.3. The van der Waals surface area contributed by atoms with Gasteiger partial charge in [0.05, 0.1) is 11.2 Å². The highest BCUT2D eigenvalue weighted by Crippen LogP contribution is 2.40. The van der Waals surface area contributed by atoms with Crippen LogP contribution in [-0.2, 0) is 0 Å². The first-order valence-corrected chi connectivity index (χ1v) is 9.65.